The fourth-order valence-corrected chi connectivity index (χ4v) is 3.47. The number of Topliss-reactive ketones (excluding diaryl/α,β-unsaturated/α-hetero) is 1. The van der Waals surface area contributed by atoms with Crippen LogP contribution < -0.4 is 0 Å². The molecule has 0 spiro atoms. The Bertz CT molecular complexity index is 968. The van der Waals surface area contributed by atoms with Gasteiger partial charge in [0.05, 0.1) is 24.8 Å². The van der Waals surface area contributed by atoms with E-state index in [4.69, 9.17) is 4.74 Å². The lowest BCUT2D eigenvalue weighted by Gasteiger charge is -2.22. The maximum Gasteiger partial charge on any atom is 0.339 e. The van der Waals surface area contributed by atoms with E-state index in [2.05, 4.69) is 27.5 Å². The average Bonchev–Trinajstić information content (AvgIpc) is 2.99. The Kier molecular flexibility index (Phi) is 7.50. The summed E-state index contributed by atoms with van der Waals surface area (Å²) < 4.78 is 19.6. The van der Waals surface area contributed by atoms with E-state index in [1.807, 2.05) is 0 Å². The molecule has 6 nitrogen and oxygen atoms in total. The summed E-state index contributed by atoms with van der Waals surface area (Å²) in [7, 11) is 1.23. The first-order valence-electron chi connectivity index (χ1n) is 8.82. The second-order valence-corrected chi connectivity index (χ2v) is 7.42. The minimum absolute atomic E-state index is 0.0307. The van der Waals surface area contributed by atoms with Crippen LogP contribution in [0.5, 0.6) is 0 Å². The third kappa shape index (κ3) is 5.20. The number of hydrogen-bond acceptors (Lipinski definition) is 4. The summed E-state index contributed by atoms with van der Waals surface area (Å²) in [5, 5.41) is 0. The zero-order valence-electron chi connectivity index (χ0n) is 16.5. The normalized spacial score (nSPS) is 10.5. The van der Waals surface area contributed by atoms with Crippen LogP contribution in [0.15, 0.2) is 35.3 Å². The molecule has 0 aliphatic heterocycles. The summed E-state index contributed by atoms with van der Waals surface area (Å²) in [6.45, 7) is 6.85. The Hall–Kier alpha value is -2.74. The fraction of sp³-hybridized carbons (Fsp3) is 0.286. The first-order chi connectivity index (χ1) is 13.7. The summed E-state index contributed by atoms with van der Waals surface area (Å²) >= 11 is 3.30. The van der Waals surface area contributed by atoms with Crippen molar-refractivity contribution in [2.45, 2.75) is 26.8 Å². The van der Waals surface area contributed by atoms with Crippen molar-refractivity contribution in [1.82, 2.24) is 9.88 Å². The molecular weight excluding hydrogens is 443 g/mol. The Morgan fingerprint density at radius 3 is 2.62 bits per heavy atom. The molecule has 0 saturated carbocycles. The molecule has 0 aliphatic carbocycles. The largest absolute Gasteiger partial charge is 0.465 e. The van der Waals surface area contributed by atoms with Crippen LogP contribution in [0.25, 0.3) is 0 Å². The van der Waals surface area contributed by atoms with Crippen molar-refractivity contribution in [2.24, 2.45) is 0 Å². The van der Waals surface area contributed by atoms with Gasteiger partial charge in [-0.2, -0.15) is 0 Å². The number of aromatic nitrogens is 1. The van der Waals surface area contributed by atoms with Gasteiger partial charge in [-0.15, -0.1) is 6.58 Å². The molecule has 0 aliphatic rings. The summed E-state index contributed by atoms with van der Waals surface area (Å²) in [5.74, 6) is -1.68. The SMILES string of the molecule is C=CCN(Cc1cc(Br)ccc1F)C(=O)Cc1[nH]c(C(C)=O)c(C)c1C(=O)OC. The van der Waals surface area contributed by atoms with Crippen LogP contribution >= 0.6 is 15.9 Å². The predicted octanol–water partition coefficient (Wildman–Crippen LogP) is 3.97. The number of H-pyrrole nitrogens is 1. The minimum Gasteiger partial charge on any atom is -0.465 e. The van der Waals surface area contributed by atoms with Crippen molar-refractivity contribution in [3.8, 4) is 0 Å². The highest BCUT2D eigenvalue weighted by Gasteiger charge is 2.26. The molecule has 1 N–H and O–H groups in total. The van der Waals surface area contributed by atoms with Crippen LogP contribution in [-0.4, -0.2) is 41.2 Å². The fourth-order valence-electron chi connectivity index (χ4n) is 3.06. The number of halogens is 2. The van der Waals surface area contributed by atoms with Gasteiger partial charge in [-0.3, -0.25) is 9.59 Å². The summed E-state index contributed by atoms with van der Waals surface area (Å²) in [6, 6.07) is 4.50. The average molecular weight is 465 g/mol. The summed E-state index contributed by atoms with van der Waals surface area (Å²) in [6.07, 6.45) is 1.36. The number of rotatable bonds is 8. The van der Waals surface area contributed by atoms with Gasteiger partial charge in [0, 0.05) is 35.7 Å². The monoisotopic (exact) mass is 464 g/mol. The van der Waals surface area contributed by atoms with Gasteiger partial charge >= 0.3 is 5.97 Å². The van der Waals surface area contributed by atoms with Gasteiger partial charge in [-0.05, 0) is 30.7 Å². The zero-order valence-corrected chi connectivity index (χ0v) is 18.1. The van der Waals surface area contributed by atoms with Gasteiger partial charge in [-0.1, -0.05) is 22.0 Å². The van der Waals surface area contributed by atoms with Crippen LogP contribution in [-0.2, 0) is 22.5 Å². The predicted molar refractivity (Wildman–Crippen MR) is 110 cm³/mol. The summed E-state index contributed by atoms with van der Waals surface area (Å²) in [4.78, 5) is 41.3. The smallest absolute Gasteiger partial charge is 0.339 e. The molecule has 1 aromatic heterocycles. The zero-order chi connectivity index (χ0) is 21.7. The number of ketones is 1. The molecule has 29 heavy (non-hydrogen) atoms. The highest BCUT2D eigenvalue weighted by atomic mass is 79.9. The third-order valence-corrected chi connectivity index (χ3v) is 4.96. The van der Waals surface area contributed by atoms with Crippen molar-refractivity contribution in [1.29, 1.82) is 0 Å². The van der Waals surface area contributed by atoms with E-state index >= 15 is 0 Å². The number of methoxy groups -OCH3 is 1. The van der Waals surface area contributed by atoms with Crippen LogP contribution in [0, 0.1) is 12.7 Å². The molecular formula is C21H22BrFN2O4. The molecule has 0 saturated heterocycles. The van der Waals surface area contributed by atoms with E-state index < -0.39 is 11.8 Å². The standard InChI is InChI=1S/C21H22BrFN2O4/c1-5-8-25(11-14-9-15(22)6-7-16(14)23)18(27)10-17-19(21(28)29-4)12(2)20(24-17)13(3)26/h5-7,9,24H,1,8,10-11H2,2-4H3. The number of ether oxygens (including phenoxy) is 1. The number of aromatic amines is 1. The van der Waals surface area contributed by atoms with Gasteiger partial charge in [0.2, 0.25) is 5.91 Å². The first kappa shape index (κ1) is 22.5. The number of hydrogen-bond donors (Lipinski definition) is 1. The van der Waals surface area contributed by atoms with Crippen LogP contribution in [0.3, 0.4) is 0 Å². The Morgan fingerprint density at radius 2 is 2.03 bits per heavy atom. The van der Waals surface area contributed by atoms with Crippen molar-refractivity contribution < 1.29 is 23.5 Å². The molecule has 1 amide bonds. The molecule has 0 fully saturated rings. The van der Waals surface area contributed by atoms with Gasteiger partial charge in [0.1, 0.15) is 5.82 Å². The molecule has 2 aromatic rings. The highest BCUT2D eigenvalue weighted by molar-refractivity contribution is 9.10. The molecule has 0 atom stereocenters. The van der Waals surface area contributed by atoms with Crippen molar-refractivity contribution >= 4 is 33.6 Å². The van der Waals surface area contributed by atoms with Crippen LogP contribution in [0.2, 0.25) is 0 Å². The number of amides is 1. The lowest BCUT2D eigenvalue weighted by Crippen LogP contribution is -2.32. The van der Waals surface area contributed by atoms with Gasteiger partial charge in [0.15, 0.2) is 5.78 Å². The molecule has 0 unspecified atom stereocenters. The lowest BCUT2D eigenvalue weighted by atomic mass is 10.1. The van der Waals surface area contributed by atoms with Gasteiger partial charge in [0.25, 0.3) is 0 Å². The van der Waals surface area contributed by atoms with E-state index in [-0.39, 0.29) is 48.2 Å². The van der Waals surface area contributed by atoms with E-state index in [0.717, 1.165) is 0 Å². The van der Waals surface area contributed by atoms with E-state index in [0.29, 0.717) is 15.6 Å². The second kappa shape index (κ2) is 9.65. The maximum atomic E-state index is 14.1. The molecule has 154 valence electrons. The number of carbonyl (C=O) groups excluding carboxylic acids is 3. The number of esters is 1. The van der Waals surface area contributed by atoms with E-state index in [1.165, 1.54) is 31.1 Å². The Labute approximate surface area is 176 Å². The van der Waals surface area contributed by atoms with Crippen molar-refractivity contribution in [2.75, 3.05) is 13.7 Å². The minimum atomic E-state index is -0.637. The highest BCUT2D eigenvalue weighted by Crippen LogP contribution is 2.22. The topological polar surface area (TPSA) is 79.5 Å². The van der Waals surface area contributed by atoms with Gasteiger partial charge < -0.3 is 14.6 Å². The molecule has 2 rings (SSSR count). The maximum absolute atomic E-state index is 14.1. The van der Waals surface area contributed by atoms with E-state index in [1.54, 1.807) is 19.1 Å². The quantitative estimate of drug-likeness (QED) is 0.364. The first-order valence-corrected chi connectivity index (χ1v) is 9.62. The number of nitrogens with zero attached hydrogens (tertiary/aromatic N) is 1. The van der Waals surface area contributed by atoms with Crippen LogP contribution in [0.1, 0.15) is 44.6 Å². The van der Waals surface area contributed by atoms with E-state index in [9.17, 15) is 18.8 Å². The third-order valence-electron chi connectivity index (χ3n) is 4.47. The number of carbonyl (C=O) groups is 3. The molecule has 8 heteroatoms. The van der Waals surface area contributed by atoms with Crippen molar-refractivity contribution in [3.63, 3.8) is 0 Å². The molecule has 0 radical (unpaired) electrons. The summed E-state index contributed by atoms with van der Waals surface area (Å²) in [5.41, 5.74) is 1.48. The van der Waals surface area contributed by atoms with Crippen LogP contribution in [0.4, 0.5) is 4.39 Å². The lowest BCUT2D eigenvalue weighted by molar-refractivity contribution is -0.130. The Morgan fingerprint density at radius 1 is 1.34 bits per heavy atom. The molecule has 0 bridgehead atoms. The number of benzene rings is 1. The van der Waals surface area contributed by atoms with Gasteiger partial charge in [-0.25, -0.2) is 9.18 Å². The van der Waals surface area contributed by atoms with Crippen molar-refractivity contribution in [3.05, 3.63) is 69.2 Å². The molecule has 1 heterocycles. The number of nitrogens with one attached hydrogen (secondary N) is 1. The molecule has 1 aromatic carbocycles. The second-order valence-electron chi connectivity index (χ2n) is 6.50. The Balaban J connectivity index is 2.35.